The molecule has 0 unspecified atom stereocenters. The predicted octanol–water partition coefficient (Wildman–Crippen LogP) is 0.0836. The van der Waals surface area contributed by atoms with Crippen LogP contribution in [-0.2, 0) is 9.53 Å². The molecule has 1 rings (SSSR count). The molecule has 0 saturated carbocycles. The first kappa shape index (κ1) is 21.1. The third-order valence-corrected chi connectivity index (χ3v) is 5.35. The van der Waals surface area contributed by atoms with Crippen molar-refractivity contribution in [3.05, 3.63) is 0 Å². The fourth-order valence-electron chi connectivity index (χ4n) is 2.37. The van der Waals surface area contributed by atoms with Gasteiger partial charge >= 0.3 is 0 Å². The van der Waals surface area contributed by atoms with Crippen molar-refractivity contribution in [2.45, 2.75) is 18.6 Å². The highest BCUT2D eigenvalue weighted by atomic mass is 32.2. The number of amides is 1. The number of carbonyl (C=O) groups is 1. The average Bonchev–Trinajstić information content (AvgIpc) is 2.57. The summed E-state index contributed by atoms with van der Waals surface area (Å²) in [7, 11) is 3.46. The number of hydrogen-bond acceptors (Lipinski definition) is 5. The number of guanidine groups is 1. The Balaban J connectivity index is 2.34. The van der Waals surface area contributed by atoms with E-state index in [0.717, 1.165) is 38.7 Å². The van der Waals surface area contributed by atoms with E-state index >= 15 is 0 Å². The van der Waals surface area contributed by atoms with Crippen LogP contribution in [0.5, 0.6) is 0 Å². The summed E-state index contributed by atoms with van der Waals surface area (Å²) in [5, 5.41) is 6.33. The van der Waals surface area contributed by atoms with Gasteiger partial charge in [0.2, 0.25) is 5.91 Å². The van der Waals surface area contributed by atoms with Crippen molar-refractivity contribution in [3.63, 3.8) is 0 Å². The van der Waals surface area contributed by atoms with Gasteiger partial charge in [-0.2, -0.15) is 11.8 Å². The Bertz CT molecular complexity index is 409. The monoisotopic (exact) mass is 359 g/mol. The van der Waals surface area contributed by atoms with Gasteiger partial charge in [0.05, 0.1) is 13.2 Å². The van der Waals surface area contributed by atoms with Crippen LogP contribution < -0.4 is 10.6 Å². The third kappa shape index (κ3) is 7.72. The van der Waals surface area contributed by atoms with E-state index in [9.17, 15) is 4.79 Å². The smallest absolute Gasteiger partial charge is 0.234 e. The van der Waals surface area contributed by atoms with E-state index in [2.05, 4.69) is 45.5 Å². The molecular weight excluding hydrogens is 326 g/mol. The lowest BCUT2D eigenvalue weighted by Crippen LogP contribution is -2.55. The molecule has 0 bridgehead atoms. The summed E-state index contributed by atoms with van der Waals surface area (Å²) in [6, 6.07) is 0. The van der Waals surface area contributed by atoms with E-state index < -0.39 is 0 Å². The van der Waals surface area contributed by atoms with Gasteiger partial charge in [-0.05, 0) is 20.1 Å². The van der Waals surface area contributed by atoms with Crippen LogP contribution in [0.3, 0.4) is 0 Å². The Morgan fingerprint density at radius 3 is 2.46 bits per heavy atom. The minimum atomic E-state index is 0.0599. The fourth-order valence-corrected chi connectivity index (χ4v) is 2.58. The normalized spacial score (nSPS) is 17.0. The van der Waals surface area contributed by atoms with Crippen LogP contribution in [-0.4, -0.2) is 99.2 Å². The summed E-state index contributed by atoms with van der Waals surface area (Å²) in [6.07, 6.45) is 2.13. The van der Waals surface area contributed by atoms with Gasteiger partial charge in [-0.15, -0.1) is 0 Å². The maximum atomic E-state index is 11.8. The molecule has 140 valence electrons. The number of hydrogen-bond donors (Lipinski definition) is 2. The molecule has 2 N–H and O–H groups in total. The third-order valence-electron chi connectivity index (χ3n) is 4.10. The van der Waals surface area contributed by atoms with Crippen molar-refractivity contribution in [2.75, 3.05) is 72.8 Å². The quantitative estimate of drug-likeness (QED) is 0.364. The molecule has 7 nitrogen and oxygen atoms in total. The van der Waals surface area contributed by atoms with Gasteiger partial charge < -0.3 is 20.3 Å². The molecule has 0 aromatic carbocycles. The topological polar surface area (TPSA) is 69.2 Å². The van der Waals surface area contributed by atoms with Gasteiger partial charge in [0.25, 0.3) is 0 Å². The summed E-state index contributed by atoms with van der Waals surface area (Å²) in [6.45, 7) is 10.4. The zero-order valence-electron chi connectivity index (χ0n) is 15.7. The number of piperazine rings is 1. The second-order valence-electron chi connectivity index (χ2n) is 6.47. The van der Waals surface area contributed by atoms with Gasteiger partial charge in [0.15, 0.2) is 5.96 Å². The summed E-state index contributed by atoms with van der Waals surface area (Å²) in [5.74, 6) is 1.01. The molecule has 1 saturated heterocycles. The zero-order valence-corrected chi connectivity index (χ0v) is 16.5. The van der Waals surface area contributed by atoms with Crippen molar-refractivity contribution in [1.29, 1.82) is 0 Å². The molecule has 1 amide bonds. The fraction of sp³-hybridized carbons (Fsp3) is 0.875. The van der Waals surface area contributed by atoms with Gasteiger partial charge in [-0.3, -0.25) is 14.7 Å². The number of nitrogens with one attached hydrogen (secondary N) is 2. The summed E-state index contributed by atoms with van der Waals surface area (Å²) < 4.78 is 5.11. The molecule has 24 heavy (non-hydrogen) atoms. The van der Waals surface area contributed by atoms with Crippen LogP contribution >= 0.6 is 11.8 Å². The average molecular weight is 360 g/mol. The number of thioether (sulfide) groups is 1. The molecule has 1 aliphatic heterocycles. The molecule has 1 heterocycles. The molecule has 0 atom stereocenters. The lowest BCUT2D eigenvalue weighted by Gasteiger charge is -2.37. The van der Waals surface area contributed by atoms with Gasteiger partial charge in [0, 0.05) is 58.2 Å². The largest absolute Gasteiger partial charge is 0.383 e. The second-order valence-corrected chi connectivity index (χ2v) is 7.98. The van der Waals surface area contributed by atoms with Crippen molar-refractivity contribution >= 4 is 23.6 Å². The maximum Gasteiger partial charge on any atom is 0.234 e. The minimum absolute atomic E-state index is 0.0599. The van der Waals surface area contributed by atoms with Crippen LogP contribution in [0, 0.1) is 0 Å². The van der Waals surface area contributed by atoms with Gasteiger partial charge in [0.1, 0.15) is 0 Å². The van der Waals surface area contributed by atoms with Crippen molar-refractivity contribution < 1.29 is 9.53 Å². The van der Waals surface area contributed by atoms with E-state index in [0.29, 0.717) is 19.7 Å². The molecule has 0 aromatic heterocycles. The predicted molar refractivity (Wildman–Crippen MR) is 102 cm³/mol. The first-order chi connectivity index (χ1) is 11.4. The van der Waals surface area contributed by atoms with Gasteiger partial charge in [-0.25, -0.2) is 0 Å². The Hall–Kier alpha value is -0.990. The molecule has 0 spiro atoms. The molecule has 1 fully saturated rings. The van der Waals surface area contributed by atoms with Gasteiger partial charge in [-0.1, -0.05) is 0 Å². The van der Waals surface area contributed by atoms with E-state index in [-0.39, 0.29) is 10.7 Å². The Morgan fingerprint density at radius 1 is 1.25 bits per heavy atom. The molecular formula is C16H33N5O2S. The summed E-state index contributed by atoms with van der Waals surface area (Å²) >= 11 is 1.84. The highest BCUT2D eigenvalue weighted by Crippen LogP contribution is 2.19. The number of nitrogens with zero attached hydrogens (tertiary/aromatic N) is 3. The number of carbonyl (C=O) groups excluding carboxylic acids is 1. The van der Waals surface area contributed by atoms with E-state index in [1.807, 2.05) is 18.8 Å². The van der Waals surface area contributed by atoms with Crippen molar-refractivity contribution in [2.24, 2.45) is 4.99 Å². The Labute approximate surface area is 150 Å². The van der Waals surface area contributed by atoms with Crippen molar-refractivity contribution in [1.82, 2.24) is 20.4 Å². The number of methoxy groups -OCH3 is 1. The molecule has 0 aliphatic carbocycles. The van der Waals surface area contributed by atoms with E-state index in [1.165, 1.54) is 0 Å². The van der Waals surface area contributed by atoms with Crippen LogP contribution in [0.1, 0.15) is 13.8 Å². The van der Waals surface area contributed by atoms with Crippen LogP contribution in [0.4, 0.5) is 0 Å². The SMILES string of the molecule is CN=C(NCC(C)(C)SC)N1CCN(CC(=O)NCCOC)CC1. The summed E-state index contributed by atoms with van der Waals surface area (Å²) in [4.78, 5) is 20.7. The highest BCUT2D eigenvalue weighted by molar-refractivity contribution is 7.99. The maximum absolute atomic E-state index is 11.8. The van der Waals surface area contributed by atoms with Crippen LogP contribution in [0.15, 0.2) is 4.99 Å². The van der Waals surface area contributed by atoms with Crippen molar-refractivity contribution in [3.8, 4) is 0 Å². The first-order valence-corrected chi connectivity index (χ1v) is 9.63. The standard InChI is InChI=1S/C16H33N5O2S/c1-16(2,24-5)13-19-15(17-3)21-9-7-20(8-10-21)12-14(22)18-6-11-23-4/h6-13H2,1-5H3,(H,17,19)(H,18,22). The number of aliphatic imine (C=N–C) groups is 1. The minimum Gasteiger partial charge on any atom is -0.383 e. The van der Waals surface area contributed by atoms with E-state index in [4.69, 9.17) is 4.74 Å². The molecule has 8 heteroatoms. The molecule has 1 aliphatic rings. The molecule has 0 aromatic rings. The van der Waals surface area contributed by atoms with Crippen LogP contribution in [0.2, 0.25) is 0 Å². The molecule has 0 radical (unpaired) electrons. The lowest BCUT2D eigenvalue weighted by molar-refractivity contribution is -0.122. The second kappa shape index (κ2) is 10.8. The number of ether oxygens (including phenoxy) is 1. The highest BCUT2D eigenvalue weighted by Gasteiger charge is 2.23. The van der Waals surface area contributed by atoms with E-state index in [1.54, 1.807) is 7.11 Å². The lowest BCUT2D eigenvalue weighted by atomic mass is 10.2. The summed E-state index contributed by atoms with van der Waals surface area (Å²) in [5.41, 5.74) is 0. The Kier molecular flexibility index (Phi) is 9.46. The Morgan fingerprint density at radius 2 is 1.92 bits per heavy atom. The first-order valence-electron chi connectivity index (χ1n) is 8.40. The zero-order chi connectivity index (χ0) is 18.0. The number of rotatable bonds is 8. The van der Waals surface area contributed by atoms with Crippen LogP contribution in [0.25, 0.3) is 0 Å².